The molecule has 3 aromatic rings. The molecule has 1 saturated heterocycles. The molecule has 40 heavy (non-hydrogen) atoms. The van der Waals surface area contributed by atoms with Gasteiger partial charge in [0.05, 0.1) is 0 Å². The Bertz CT molecular complexity index is 1530. The first-order valence-electron chi connectivity index (χ1n) is 12.3. The fraction of sp³-hybridized carbons (Fsp3) is 0.333. The summed E-state index contributed by atoms with van der Waals surface area (Å²) in [5.74, 6) is -1.14. The molecule has 0 radical (unpaired) electrons. The Hall–Kier alpha value is -4.15. The molecule has 0 saturated carbocycles. The number of thioether (sulfide) groups is 1. The molecule has 2 amide bonds. The maximum atomic E-state index is 13.2. The fourth-order valence-corrected chi connectivity index (χ4v) is 6.52. The largest absolute Gasteiger partial charge is 0.477 e. The number of nitrogens with one attached hydrogen (secondary N) is 2. The van der Waals surface area contributed by atoms with Crippen LogP contribution in [-0.4, -0.2) is 80.3 Å². The van der Waals surface area contributed by atoms with Gasteiger partial charge in [-0.05, 0) is 19.0 Å². The Kier molecular flexibility index (Phi) is 7.90. The van der Waals surface area contributed by atoms with Crippen molar-refractivity contribution >= 4 is 63.2 Å². The van der Waals surface area contributed by atoms with Crippen LogP contribution in [0.1, 0.15) is 12.1 Å². The molecule has 2 atom stereocenters. The SMILES string of the molecule is CO/N=C(\C(=O)N[C@@H]1C(=O)N2C(C(=O)O)=C(C[n+]3ccn4c(NCCCN)cccc43)CS[C@H]12)c1csc(N)n1. The Labute approximate surface area is 236 Å². The van der Waals surface area contributed by atoms with E-state index in [1.807, 2.05) is 39.6 Å². The molecule has 0 spiro atoms. The maximum absolute atomic E-state index is 13.2. The number of oxime groups is 1. The van der Waals surface area contributed by atoms with Gasteiger partial charge in [0, 0.05) is 35.4 Å². The van der Waals surface area contributed by atoms with Gasteiger partial charge in [0.25, 0.3) is 17.5 Å². The van der Waals surface area contributed by atoms with Gasteiger partial charge in [-0.25, -0.2) is 14.3 Å². The van der Waals surface area contributed by atoms with Gasteiger partial charge in [0.1, 0.15) is 48.9 Å². The number of nitrogens with two attached hydrogens (primary N) is 2. The quantitative estimate of drug-likeness (QED) is 0.0661. The minimum Gasteiger partial charge on any atom is -0.477 e. The van der Waals surface area contributed by atoms with E-state index in [0.717, 1.165) is 35.8 Å². The number of anilines is 2. The van der Waals surface area contributed by atoms with Crippen LogP contribution >= 0.6 is 23.1 Å². The van der Waals surface area contributed by atoms with E-state index in [2.05, 4.69) is 20.8 Å². The fourth-order valence-electron chi connectivity index (χ4n) is 4.63. The van der Waals surface area contributed by atoms with E-state index in [9.17, 15) is 19.5 Å². The number of hydrogen-bond donors (Lipinski definition) is 5. The van der Waals surface area contributed by atoms with Gasteiger partial charge < -0.3 is 32.0 Å². The van der Waals surface area contributed by atoms with Crippen molar-refractivity contribution in [3.63, 3.8) is 0 Å². The van der Waals surface area contributed by atoms with E-state index in [4.69, 9.17) is 16.3 Å². The van der Waals surface area contributed by atoms with Gasteiger partial charge in [-0.15, -0.1) is 23.1 Å². The second-order valence-corrected chi connectivity index (χ2v) is 10.9. The highest BCUT2D eigenvalue weighted by molar-refractivity contribution is 8.00. The van der Waals surface area contributed by atoms with Crippen molar-refractivity contribution in [3.05, 3.63) is 52.9 Å². The van der Waals surface area contributed by atoms with E-state index in [1.165, 1.54) is 23.8 Å². The van der Waals surface area contributed by atoms with Crippen LogP contribution < -0.4 is 26.7 Å². The lowest BCUT2D eigenvalue weighted by molar-refractivity contribution is -0.662. The molecule has 1 fully saturated rings. The number of carboxylic acids is 1. The van der Waals surface area contributed by atoms with E-state index in [1.54, 1.807) is 5.38 Å². The van der Waals surface area contributed by atoms with E-state index >= 15 is 0 Å². The van der Waals surface area contributed by atoms with Crippen molar-refractivity contribution in [3.8, 4) is 0 Å². The Balaban J connectivity index is 1.35. The number of aliphatic carboxylic acids is 1. The number of carboxylic acid groups (broad SMARTS) is 1. The molecule has 0 bridgehead atoms. The van der Waals surface area contributed by atoms with Gasteiger partial charge in [0.15, 0.2) is 16.7 Å². The number of nitrogens with zero attached hydrogens (tertiary/aromatic N) is 5. The number of nitrogen functional groups attached to an aromatic ring is 1. The Morgan fingerprint density at radius 2 is 2.20 bits per heavy atom. The smallest absolute Gasteiger partial charge is 0.352 e. The highest BCUT2D eigenvalue weighted by Crippen LogP contribution is 2.40. The minimum absolute atomic E-state index is 0.0682. The van der Waals surface area contributed by atoms with Crippen molar-refractivity contribution in [2.75, 3.05) is 37.0 Å². The van der Waals surface area contributed by atoms with E-state index in [0.29, 0.717) is 17.9 Å². The molecule has 0 aliphatic carbocycles. The molecule has 2 aliphatic heterocycles. The number of β-lactam (4-membered cyclic amide) rings is 1. The number of pyridine rings is 1. The standard InChI is InChI=1S/C24H27N9O5S2/c1-38-30-17(14-12-40-24(26)28-14)20(34)29-18-21(35)33-19(23(36)37)13(11-39-22(18)33)10-31-8-9-32-15(27-7-3-6-25)4-2-5-16(31)32/h2,4-5,8-9,12,18,22H,3,6-7,10-11,25H2,1H3,(H4,26,28,29,34,36,37)/p+1/b30-17-/t18-,22-/m1/s1. The van der Waals surface area contributed by atoms with Gasteiger partial charge >= 0.3 is 5.97 Å². The van der Waals surface area contributed by atoms with Gasteiger partial charge in [-0.2, -0.15) is 4.40 Å². The first-order valence-corrected chi connectivity index (χ1v) is 14.2. The van der Waals surface area contributed by atoms with Crippen LogP contribution in [0.5, 0.6) is 0 Å². The predicted octanol–water partition coefficient (Wildman–Crippen LogP) is -0.184. The van der Waals surface area contributed by atoms with Crippen LogP contribution in [0.25, 0.3) is 5.65 Å². The van der Waals surface area contributed by atoms with Crippen LogP contribution in [0.2, 0.25) is 0 Å². The number of amides is 2. The third kappa shape index (κ3) is 5.07. The predicted molar refractivity (Wildman–Crippen MR) is 150 cm³/mol. The molecule has 3 aromatic heterocycles. The lowest BCUT2D eigenvalue weighted by Gasteiger charge is -2.49. The Morgan fingerprint density at radius 1 is 1.38 bits per heavy atom. The zero-order valence-corrected chi connectivity index (χ0v) is 23.1. The van der Waals surface area contributed by atoms with Crippen molar-refractivity contribution in [1.29, 1.82) is 0 Å². The molecule has 210 valence electrons. The third-order valence-electron chi connectivity index (χ3n) is 6.44. The lowest BCUT2D eigenvalue weighted by Crippen LogP contribution is -2.71. The molecule has 7 N–H and O–H groups in total. The molecule has 16 heteroatoms. The number of fused-ring (bicyclic) bond motifs is 2. The van der Waals surface area contributed by atoms with E-state index in [-0.39, 0.29) is 28.8 Å². The van der Waals surface area contributed by atoms with Crippen LogP contribution in [0.3, 0.4) is 0 Å². The number of imidazole rings is 1. The minimum atomic E-state index is -1.20. The van der Waals surface area contributed by atoms with Crippen LogP contribution in [0.4, 0.5) is 10.9 Å². The van der Waals surface area contributed by atoms with Gasteiger partial charge in [-0.1, -0.05) is 5.16 Å². The normalized spacial score (nSPS) is 18.9. The lowest BCUT2D eigenvalue weighted by atomic mass is 10.0. The highest BCUT2D eigenvalue weighted by atomic mass is 32.2. The van der Waals surface area contributed by atoms with Gasteiger partial charge in [-0.3, -0.25) is 14.5 Å². The summed E-state index contributed by atoms with van der Waals surface area (Å²) in [6.07, 6.45) is 4.60. The summed E-state index contributed by atoms with van der Waals surface area (Å²) in [4.78, 5) is 48.6. The Morgan fingerprint density at radius 3 is 2.90 bits per heavy atom. The average Bonchev–Trinajstić information content (AvgIpc) is 3.56. The highest BCUT2D eigenvalue weighted by Gasteiger charge is 2.54. The second kappa shape index (κ2) is 11.5. The van der Waals surface area contributed by atoms with Crippen molar-refractivity contribution in [1.82, 2.24) is 19.6 Å². The summed E-state index contributed by atoms with van der Waals surface area (Å²) in [6, 6.07) is 4.87. The molecule has 5 rings (SSSR count). The molecule has 14 nitrogen and oxygen atoms in total. The zero-order chi connectivity index (χ0) is 28.4. The number of carbonyl (C=O) groups is 3. The summed E-state index contributed by atoms with van der Waals surface area (Å²) < 4.78 is 3.91. The van der Waals surface area contributed by atoms with Crippen molar-refractivity contribution < 1.29 is 28.9 Å². The summed E-state index contributed by atoms with van der Waals surface area (Å²) in [5, 5.41) is 21.1. The summed E-state index contributed by atoms with van der Waals surface area (Å²) in [6.45, 7) is 1.59. The van der Waals surface area contributed by atoms with Crippen LogP contribution in [0, 0.1) is 0 Å². The monoisotopic (exact) mass is 586 g/mol. The number of aromatic nitrogens is 3. The van der Waals surface area contributed by atoms with E-state index < -0.39 is 29.2 Å². The molecular formula is C24H28N9O5S2+. The second-order valence-electron chi connectivity index (χ2n) is 8.95. The van der Waals surface area contributed by atoms with Crippen molar-refractivity contribution in [2.45, 2.75) is 24.4 Å². The van der Waals surface area contributed by atoms with Crippen molar-refractivity contribution in [2.24, 2.45) is 10.9 Å². The van der Waals surface area contributed by atoms with Crippen LogP contribution in [-0.2, 0) is 25.8 Å². The average molecular weight is 587 g/mol. The number of carbonyl (C=O) groups excluding carboxylic acids is 2. The molecule has 5 heterocycles. The maximum Gasteiger partial charge on any atom is 0.352 e. The van der Waals surface area contributed by atoms with Gasteiger partial charge in [0.2, 0.25) is 0 Å². The van der Waals surface area contributed by atoms with Crippen LogP contribution in [0.15, 0.2) is 52.4 Å². The molecule has 0 unspecified atom stereocenters. The summed E-state index contributed by atoms with van der Waals surface area (Å²) >= 11 is 2.52. The first-order chi connectivity index (χ1) is 19.3. The number of rotatable bonds is 11. The molecule has 2 aliphatic rings. The number of hydrogen-bond acceptors (Lipinski definition) is 11. The molecular weight excluding hydrogens is 558 g/mol. The summed E-state index contributed by atoms with van der Waals surface area (Å²) in [7, 11) is 1.29. The first kappa shape index (κ1) is 27.4. The number of thiazole rings is 1. The molecule has 0 aromatic carbocycles. The summed E-state index contributed by atoms with van der Waals surface area (Å²) in [5.41, 5.74) is 12.7. The topological polar surface area (TPSA) is 194 Å². The zero-order valence-electron chi connectivity index (χ0n) is 21.4. The third-order valence-corrected chi connectivity index (χ3v) is 8.46.